The second-order valence-corrected chi connectivity index (χ2v) is 4.65. The lowest BCUT2D eigenvalue weighted by Crippen LogP contribution is -2.07. The summed E-state index contributed by atoms with van der Waals surface area (Å²) in [6.45, 7) is 0. The highest BCUT2D eigenvalue weighted by Gasteiger charge is 2.31. The van der Waals surface area contributed by atoms with Crippen LogP contribution in [0.1, 0.15) is 24.0 Å². The molecule has 0 N–H and O–H groups in total. The molecule has 1 heterocycles. The van der Waals surface area contributed by atoms with Crippen LogP contribution in [0.3, 0.4) is 0 Å². The van der Waals surface area contributed by atoms with Crippen LogP contribution in [0.25, 0.3) is 11.3 Å². The molecular formula is C16H14F3NO. The van der Waals surface area contributed by atoms with E-state index in [1.54, 1.807) is 12.1 Å². The number of carbonyl (C=O) groups is 1. The molecule has 110 valence electrons. The maximum absolute atomic E-state index is 12.8. The van der Waals surface area contributed by atoms with E-state index in [0.717, 1.165) is 24.1 Å². The van der Waals surface area contributed by atoms with E-state index in [0.29, 0.717) is 30.5 Å². The summed E-state index contributed by atoms with van der Waals surface area (Å²) in [5.74, 6) is 0. The molecule has 0 saturated carbocycles. The molecule has 0 atom stereocenters. The van der Waals surface area contributed by atoms with Crippen LogP contribution in [0.15, 0.2) is 42.6 Å². The van der Waals surface area contributed by atoms with Gasteiger partial charge in [-0.2, -0.15) is 13.2 Å². The summed E-state index contributed by atoms with van der Waals surface area (Å²) in [6.07, 6.45) is -1.58. The van der Waals surface area contributed by atoms with Crippen LogP contribution < -0.4 is 0 Å². The monoisotopic (exact) mass is 293 g/mol. The van der Waals surface area contributed by atoms with Gasteiger partial charge in [-0.1, -0.05) is 30.3 Å². The van der Waals surface area contributed by atoms with E-state index >= 15 is 0 Å². The summed E-state index contributed by atoms with van der Waals surface area (Å²) >= 11 is 0. The lowest BCUT2D eigenvalue weighted by Gasteiger charge is -2.12. The molecule has 5 heteroatoms. The van der Waals surface area contributed by atoms with Crippen LogP contribution in [0, 0.1) is 0 Å². The number of alkyl halides is 3. The highest BCUT2D eigenvalue weighted by molar-refractivity contribution is 5.63. The van der Waals surface area contributed by atoms with Crippen molar-refractivity contribution in [3.8, 4) is 11.3 Å². The van der Waals surface area contributed by atoms with Gasteiger partial charge in [0.05, 0.1) is 11.3 Å². The largest absolute Gasteiger partial charge is 0.417 e. The van der Waals surface area contributed by atoms with Crippen LogP contribution in [0.5, 0.6) is 0 Å². The zero-order valence-corrected chi connectivity index (χ0v) is 11.2. The second-order valence-electron chi connectivity index (χ2n) is 4.65. The molecule has 2 aromatic rings. The number of hydrogen-bond acceptors (Lipinski definition) is 2. The minimum absolute atomic E-state index is 0.324. The number of aromatic nitrogens is 1. The lowest BCUT2D eigenvalue weighted by atomic mass is 9.99. The number of pyridine rings is 1. The minimum atomic E-state index is -4.42. The number of hydrogen-bond donors (Lipinski definition) is 0. The van der Waals surface area contributed by atoms with Crippen molar-refractivity contribution in [3.63, 3.8) is 0 Å². The number of halogens is 3. The van der Waals surface area contributed by atoms with E-state index in [4.69, 9.17) is 0 Å². The Morgan fingerprint density at radius 1 is 1.14 bits per heavy atom. The third kappa shape index (κ3) is 3.90. The third-order valence-corrected chi connectivity index (χ3v) is 3.11. The molecule has 0 aliphatic carbocycles. The van der Waals surface area contributed by atoms with Gasteiger partial charge in [-0.25, -0.2) is 0 Å². The summed E-state index contributed by atoms with van der Waals surface area (Å²) in [6, 6.07) is 10.2. The van der Waals surface area contributed by atoms with Crippen molar-refractivity contribution in [2.45, 2.75) is 25.4 Å². The number of carbonyl (C=O) groups excluding carboxylic acids is 1. The third-order valence-electron chi connectivity index (χ3n) is 3.11. The molecule has 0 amide bonds. The normalized spacial score (nSPS) is 11.4. The van der Waals surface area contributed by atoms with Gasteiger partial charge in [0.15, 0.2) is 0 Å². The molecule has 0 spiro atoms. The van der Waals surface area contributed by atoms with E-state index in [2.05, 4.69) is 4.98 Å². The standard InChI is InChI=1S/C16H14F3NO/c17-16(18,19)14-10-13(8-4-5-9-21)15(20-11-14)12-6-2-1-3-7-12/h1-3,6-7,9-11H,4-5,8H2. The van der Waals surface area contributed by atoms with Gasteiger partial charge in [0.25, 0.3) is 0 Å². The lowest BCUT2D eigenvalue weighted by molar-refractivity contribution is -0.137. The molecule has 21 heavy (non-hydrogen) atoms. The fourth-order valence-electron chi connectivity index (χ4n) is 2.09. The van der Waals surface area contributed by atoms with Crippen molar-refractivity contribution < 1.29 is 18.0 Å². The summed E-state index contributed by atoms with van der Waals surface area (Å²) in [5, 5.41) is 0. The Hall–Kier alpha value is -2.17. The molecule has 2 nitrogen and oxygen atoms in total. The average Bonchev–Trinajstić information content (AvgIpc) is 2.47. The summed E-state index contributed by atoms with van der Waals surface area (Å²) in [5.41, 5.74) is 1.06. The van der Waals surface area contributed by atoms with Crippen molar-refractivity contribution in [2.75, 3.05) is 0 Å². The van der Waals surface area contributed by atoms with Crippen LogP contribution in [0.4, 0.5) is 13.2 Å². The fraction of sp³-hybridized carbons (Fsp3) is 0.250. The number of aryl methyl sites for hydroxylation is 1. The van der Waals surface area contributed by atoms with E-state index in [-0.39, 0.29) is 0 Å². The molecule has 0 fully saturated rings. The van der Waals surface area contributed by atoms with Gasteiger partial charge in [0.1, 0.15) is 6.29 Å². The predicted molar refractivity (Wildman–Crippen MR) is 73.7 cm³/mol. The van der Waals surface area contributed by atoms with Gasteiger partial charge in [-0.3, -0.25) is 4.98 Å². The molecule has 2 rings (SSSR count). The first kappa shape index (κ1) is 15.2. The first-order valence-corrected chi connectivity index (χ1v) is 6.57. The molecule has 0 unspecified atom stereocenters. The molecule has 0 saturated heterocycles. The summed E-state index contributed by atoms with van der Waals surface area (Å²) in [4.78, 5) is 14.4. The number of benzene rings is 1. The Balaban J connectivity index is 2.41. The molecule has 0 radical (unpaired) electrons. The van der Waals surface area contributed by atoms with Crippen LogP contribution >= 0.6 is 0 Å². The number of unbranched alkanes of at least 4 members (excludes halogenated alkanes) is 1. The first-order valence-electron chi connectivity index (χ1n) is 6.57. The quantitative estimate of drug-likeness (QED) is 0.608. The molecule has 0 bridgehead atoms. The van der Waals surface area contributed by atoms with Gasteiger partial charge in [0, 0.05) is 18.2 Å². The smallest absolute Gasteiger partial charge is 0.303 e. The predicted octanol–water partition coefficient (Wildman–Crippen LogP) is 4.29. The van der Waals surface area contributed by atoms with E-state index < -0.39 is 11.7 Å². The van der Waals surface area contributed by atoms with E-state index in [1.807, 2.05) is 18.2 Å². The minimum Gasteiger partial charge on any atom is -0.303 e. The topological polar surface area (TPSA) is 30.0 Å². The highest BCUT2D eigenvalue weighted by Crippen LogP contribution is 2.32. The number of aldehydes is 1. The fourth-order valence-corrected chi connectivity index (χ4v) is 2.09. The Kier molecular flexibility index (Phi) is 4.73. The number of rotatable bonds is 5. The molecule has 1 aromatic carbocycles. The van der Waals surface area contributed by atoms with Crippen LogP contribution in [0.2, 0.25) is 0 Å². The molecule has 1 aromatic heterocycles. The Bertz CT molecular complexity index is 609. The van der Waals surface area contributed by atoms with Gasteiger partial charge in [-0.15, -0.1) is 0 Å². The average molecular weight is 293 g/mol. The van der Waals surface area contributed by atoms with Crippen LogP contribution in [-0.4, -0.2) is 11.3 Å². The Morgan fingerprint density at radius 2 is 1.86 bits per heavy atom. The van der Waals surface area contributed by atoms with Gasteiger partial charge in [0.2, 0.25) is 0 Å². The maximum Gasteiger partial charge on any atom is 0.417 e. The van der Waals surface area contributed by atoms with Crippen molar-refractivity contribution in [1.29, 1.82) is 0 Å². The Morgan fingerprint density at radius 3 is 2.48 bits per heavy atom. The van der Waals surface area contributed by atoms with Crippen molar-refractivity contribution in [1.82, 2.24) is 4.98 Å². The summed E-state index contributed by atoms with van der Waals surface area (Å²) < 4.78 is 38.4. The zero-order valence-electron chi connectivity index (χ0n) is 11.2. The molecular weight excluding hydrogens is 279 g/mol. The zero-order chi connectivity index (χ0) is 15.3. The number of nitrogens with zero attached hydrogens (tertiary/aromatic N) is 1. The van der Waals surface area contributed by atoms with Gasteiger partial charge < -0.3 is 4.79 Å². The second kappa shape index (κ2) is 6.52. The van der Waals surface area contributed by atoms with Crippen LogP contribution in [-0.2, 0) is 17.4 Å². The molecule has 0 aliphatic rings. The molecule has 0 aliphatic heterocycles. The van der Waals surface area contributed by atoms with Crippen molar-refractivity contribution in [3.05, 3.63) is 53.7 Å². The van der Waals surface area contributed by atoms with E-state index in [9.17, 15) is 18.0 Å². The van der Waals surface area contributed by atoms with Gasteiger partial charge >= 0.3 is 6.18 Å². The van der Waals surface area contributed by atoms with Crippen molar-refractivity contribution >= 4 is 6.29 Å². The SMILES string of the molecule is O=CCCCc1cc(C(F)(F)F)cnc1-c1ccccc1. The van der Waals surface area contributed by atoms with Gasteiger partial charge in [-0.05, 0) is 24.5 Å². The highest BCUT2D eigenvalue weighted by atomic mass is 19.4. The first-order chi connectivity index (χ1) is 10.0. The van der Waals surface area contributed by atoms with Crippen molar-refractivity contribution in [2.24, 2.45) is 0 Å². The summed E-state index contributed by atoms with van der Waals surface area (Å²) in [7, 11) is 0. The van der Waals surface area contributed by atoms with E-state index in [1.165, 1.54) is 0 Å². The maximum atomic E-state index is 12.8. The Labute approximate surface area is 120 Å².